The molecule has 0 bridgehead atoms. The number of hydrogen-bond donors (Lipinski definition) is 2. The summed E-state index contributed by atoms with van der Waals surface area (Å²) in [6, 6.07) is 6.70. The van der Waals surface area contributed by atoms with Crippen LogP contribution in [0.4, 0.5) is 10.1 Å². The van der Waals surface area contributed by atoms with E-state index < -0.39 is 0 Å². The van der Waals surface area contributed by atoms with Crippen molar-refractivity contribution in [3.63, 3.8) is 0 Å². The van der Waals surface area contributed by atoms with Crippen molar-refractivity contribution >= 4 is 5.69 Å². The molecule has 1 aromatic carbocycles. The van der Waals surface area contributed by atoms with Gasteiger partial charge in [-0.25, -0.2) is 4.39 Å². The SMILES string of the molecule is CC(CCN)CNc1ccccc1F. The molecule has 14 heavy (non-hydrogen) atoms. The first-order valence-electron chi connectivity index (χ1n) is 4.92. The van der Waals surface area contributed by atoms with Gasteiger partial charge in [0.2, 0.25) is 0 Å². The van der Waals surface area contributed by atoms with Gasteiger partial charge in [-0.05, 0) is 31.0 Å². The van der Waals surface area contributed by atoms with E-state index >= 15 is 0 Å². The van der Waals surface area contributed by atoms with Crippen LogP contribution >= 0.6 is 0 Å². The van der Waals surface area contributed by atoms with Crippen LogP contribution in [0.25, 0.3) is 0 Å². The third kappa shape index (κ3) is 3.34. The van der Waals surface area contributed by atoms with Crippen molar-refractivity contribution in [2.75, 3.05) is 18.4 Å². The minimum atomic E-state index is -0.201. The largest absolute Gasteiger partial charge is 0.382 e. The molecule has 3 N–H and O–H groups in total. The predicted octanol–water partition coefficient (Wildman–Crippen LogP) is 2.22. The minimum Gasteiger partial charge on any atom is -0.382 e. The number of benzene rings is 1. The van der Waals surface area contributed by atoms with E-state index in [-0.39, 0.29) is 5.82 Å². The summed E-state index contributed by atoms with van der Waals surface area (Å²) >= 11 is 0. The number of hydrogen-bond acceptors (Lipinski definition) is 2. The summed E-state index contributed by atoms with van der Waals surface area (Å²) < 4.78 is 13.1. The lowest BCUT2D eigenvalue weighted by Gasteiger charge is -2.12. The van der Waals surface area contributed by atoms with Crippen molar-refractivity contribution in [3.8, 4) is 0 Å². The summed E-state index contributed by atoms with van der Waals surface area (Å²) in [7, 11) is 0. The molecule has 0 aliphatic heterocycles. The lowest BCUT2D eigenvalue weighted by Crippen LogP contribution is -2.15. The zero-order valence-corrected chi connectivity index (χ0v) is 8.46. The molecule has 0 radical (unpaired) electrons. The van der Waals surface area contributed by atoms with Gasteiger partial charge in [-0.2, -0.15) is 0 Å². The Morgan fingerprint density at radius 3 is 2.79 bits per heavy atom. The first-order valence-corrected chi connectivity index (χ1v) is 4.92. The Morgan fingerprint density at radius 2 is 2.14 bits per heavy atom. The smallest absolute Gasteiger partial charge is 0.146 e. The van der Waals surface area contributed by atoms with Crippen LogP contribution in [-0.4, -0.2) is 13.1 Å². The third-order valence-electron chi connectivity index (χ3n) is 2.17. The van der Waals surface area contributed by atoms with Gasteiger partial charge >= 0.3 is 0 Å². The molecule has 0 fully saturated rings. The second-order valence-corrected chi connectivity index (χ2v) is 3.54. The average molecular weight is 196 g/mol. The van der Waals surface area contributed by atoms with E-state index in [1.54, 1.807) is 12.1 Å². The van der Waals surface area contributed by atoms with Crippen molar-refractivity contribution in [2.24, 2.45) is 11.7 Å². The van der Waals surface area contributed by atoms with Crippen molar-refractivity contribution < 1.29 is 4.39 Å². The topological polar surface area (TPSA) is 38.0 Å². The first-order chi connectivity index (χ1) is 6.74. The molecule has 0 heterocycles. The molecule has 2 nitrogen and oxygen atoms in total. The Hall–Kier alpha value is -1.09. The fraction of sp³-hybridized carbons (Fsp3) is 0.455. The maximum Gasteiger partial charge on any atom is 0.146 e. The van der Waals surface area contributed by atoms with Crippen LogP contribution in [0.2, 0.25) is 0 Å². The predicted molar refractivity (Wildman–Crippen MR) is 57.7 cm³/mol. The zero-order valence-electron chi connectivity index (χ0n) is 8.46. The van der Waals surface area contributed by atoms with Gasteiger partial charge in [-0.1, -0.05) is 19.1 Å². The molecule has 0 aliphatic rings. The van der Waals surface area contributed by atoms with E-state index in [9.17, 15) is 4.39 Å². The molecule has 0 saturated carbocycles. The molecule has 3 heteroatoms. The highest BCUT2D eigenvalue weighted by atomic mass is 19.1. The highest BCUT2D eigenvalue weighted by molar-refractivity contribution is 5.44. The molecule has 78 valence electrons. The number of para-hydroxylation sites is 1. The van der Waals surface area contributed by atoms with Gasteiger partial charge in [0.1, 0.15) is 5.82 Å². The summed E-state index contributed by atoms with van der Waals surface area (Å²) in [4.78, 5) is 0. The van der Waals surface area contributed by atoms with Crippen LogP contribution in [0.3, 0.4) is 0 Å². The van der Waals surface area contributed by atoms with E-state index in [1.165, 1.54) is 6.07 Å². The summed E-state index contributed by atoms with van der Waals surface area (Å²) in [5, 5.41) is 3.07. The standard InChI is InChI=1S/C11H17FN2/c1-9(6-7-13)8-14-11-5-3-2-4-10(11)12/h2-5,9,14H,6-8,13H2,1H3. The maximum absolute atomic E-state index is 13.1. The number of nitrogens with one attached hydrogen (secondary N) is 1. The number of halogens is 1. The average Bonchev–Trinajstić information content (AvgIpc) is 2.17. The van der Waals surface area contributed by atoms with Gasteiger partial charge in [-0.3, -0.25) is 0 Å². The fourth-order valence-corrected chi connectivity index (χ4v) is 1.28. The van der Waals surface area contributed by atoms with Gasteiger partial charge < -0.3 is 11.1 Å². The van der Waals surface area contributed by atoms with Crippen LogP contribution in [0.5, 0.6) is 0 Å². The number of anilines is 1. The Labute approximate surface area is 84.3 Å². The Bertz CT molecular complexity index is 276. The van der Waals surface area contributed by atoms with Crippen LogP contribution in [0.15, 0.2) is 24.3 Å². The number of nitrogens with two attached hydrogens (primary N) is 1. The van der Waals surface area contributed by atoms with Crippen LogP contribution < -0.4 is 11.1 Å². The molecule has 0 amide bonds. The van der Waals surface area contributed by atoms with E-state index in [2.05, 4.69) is 12.2 Å². The van der Waals surface area contributed by atoms with Gasteiger partial charge in [-0.15, -0.1) is 0 Å². The molecule has 0 aliphatic carbocycles. The first kappa shape index (κ1) is 11.0. The fourth-order valence-electron chi connectivity index (χ4n) is 1.28. The molecule has 1 atom stereocenters. The van der Waals surface area contributed by atoms with Crippen molar-refractivity contribution in [1.29, 1.82) is 0 Å². The Kier molecular flexibility index (Phi) is 4.40. The summed E-state index contributed by atoms with van der Waals surface area (Å²) in [5.41, 5.74) is 5.99. The number of rotatable bonds is 5. The molecule has 1 unspecified atom stereocenters. The second-order valence-electron chi connectivity index (χ2n) is 3.54. The molecular weight excluding hydrogens is 179 g/mol. The van der Waals surface area contributed by atoms with E-state index in [1.807, 2.05) is 6.07 Å². The van der Waals surface area contributed by atoms with Gasteiger partial charge in [0.05, 0.1) is 5.69 Å². The third-order valence-corrected chi connectivity index (χ3v) is 2.17. The second kappa shape index (κ2) is 5.60. The lowest BCUT2D eigenvalue weighted by molar-refractivity contribution is 0.564. The highest BCUT2D eigenvalue weighted by Crippen LogP contribution is 2.13. The Balaban J connectivity index is 2.41. The molecular formula is C11H17FN2. The van der Waals surface area contributed by atoms with Crippen LogP contribution in [0, 0.1) is 11.7 Å². The molecule has 1 aromatic rings. The molecule has 0 spiro atoms. The van der Waals surface area contributed by atoms with E-state index in [4.69, 9.17) is 5.73 Å². The summed E-state index contributed by atoms with van der Waals surface area (Å²) in [6.07, 6.45) is 0.960. The van der Waals surface area contributed by atoms with Gasteiger partial charge in [0.15, 0.2) is 0 Å². The lowest BCUT2D eigenvalue weighted by atomic mass is 10.1. The molecule has 0 aromatic heterocycles. The van der Waals surface area contributed by atoms with Crippen molar-refractivity contribution in [1.82, 2.24) is 0 Å². The van der Waals surface area contributed by atoms with E-state index in [0.29, 0.717) is 18.2 Å². The van der Waals surface area contributed by atoms with Gasteiger partial charge in [0, 0.05) is 6.54 Å². The zero-order chi connectivity index (χ0) is 10.4. The normalized spacial score (nSPS) is 12.5. The van der Waals surface area contributed by atoms with Crippen LogP contribution in [0.1, 0.15) is 13.3 Å². The van der Waals surface area contributed by atoms with Crippen molar-refractivity contribution in [2.45, 2.75) is 13.3 Å². The summed E-state index contributed by atoms with van der Waals surface area (Å²) in [5.74, 6) is 0.270. The minimum absolute atomic E-state index is 0.201. The maximum atomic E-state index is 13.1. The molecule has 0 saturated heterocycles. The van der Waals surface area contributed by atoms with Gasteiger partial charge in [0.25, 0.3) is 0 Å². The Morgan fingerprint density at radius 1 is 1.43 bits per heavy atom. The molecule has 1 rings (SSSR count). The van der Waals surface area contributed by atoms with Crippen LogP contribution in [-0.2, 0) is 0 Å². The quantitative estimate of drug-likeness (QED) is 0.757. The monoisotopic (exact) mass is 196 g/mol. The summed E-state index contributed by atoms with van der Waals surface area (Å²) in [6.45, 7) is 3.54. The van der Waals surface area contributed by atoms with E-state index in [0.717, 1.165) is 13.0 Å². The highest BCUT2D eigenvalue weighted by Gasteiger charge is 2.03. The van der Waals surface area contributed by atoms with Crippen molar-refractivity contribution in [3.05, 3.63) is 30.1 Å².